The minimum atomic E-state index is -4.00. The first-order valence-electron chi connectivity index (χ1n) is 20.1. The molecule has 1 spiro atoms. The van der Waals surface area contributed by atoms with E-state index in [0.717, 1.165) is 35.0 Å². The Bertz CT molecular complexity index is 2070. The van der Waals surface area contributed by atoms with Crippen molar-refractivity contribution in [1.29, 1.82) is 0 Å². The van der Waals surface area contributed by atoms with Crippen LogP contribution in [0.4, 0.5) is 4.79 Å². The first-order chi connectivity index (χ1) is 26.6. The fourth-order valence-electron chi connectivity index (χ4n) is 8.81. The highest BCUT2D eigenvalue weighted by Crippen LogP contribution is 2.49. The number of carboxylic acid groups (broad SMARTS) is 1. The molecule has 2 aromatic rings. The van der Waals surface area contributed by atoms with E-state index in [1.807, 2.05) is 51.1 Å². The molecule has 5 atom stereocenters. The quantitative estimate of drug-likeness (QED) is 0.312. The molecule has 1 aromatic carbocycles. The molecule has 304 valence electrons. The Hall–Kier alpha value is -4.40. The van der Waals surface area contributed by atoms with Crippen molar-refractivity contribution in [1.82, 2.24) is 24.8 Å². The average Bonchev–Trinajstić information content (AvgIpc) is 4.05. The standard InChI is InChI=1S/C41H55N5O9S/c1-6-30-34-28(29-20-27(54-5)14-15-31(29)42-30)16-17-40(55-34)22-33-35(47)43-41(37(49)44-56(52,53)39(4)18-19-39)21-26(41)12-10-8-7-9-11-13-32(36(48)46(33)24-40)45(38(50)51)23-25(2)3/h10,12,14-15,20,25-26,32-33H,6-9,11,13,16-19,21-24H2,1-5H3,(H,43,47)(H,44,49)(H,50,51)/b12-10-/t26-,32+,33+,40-,41-/m1/s1. The summed E-state index contributed by atoms with van der Waals surface area (Å²) in [5.74, 6) is -1.10. The van der Waals surface area contributed by atoms with Crippen LogP contribution in [0.3, 0.4) is 0 Å². The number of ether oxygens (including phenoxy) is 2. The fraction of sp³-hybridized carbons (Fsp3) is 0.634. The van der Waals surface area contributed by atoms with Crippen LogP contribution in [0, 0.1) is 11.8 Å². The maximum atomic E-state index is 15.0. The molecule has 0 unspecified atom stereocenters. The zero-order chi connectivity index (χ0) is 40.2. The first-order valence-corrected chi connectivity index (χ1v) is 21.6. The Balaban J connectivity index is 1.28. The Morgan fingerprint density at radius 3 is 2.61 bits per heavy atom. The van der Waals surface area contributed by atoms with Gasteiger partial charge in [-0.1, -0.05) is 45.8 Å². The molecule has 7 rings (SSSR count). The van der Waals surface area contributed by atoms with Gasteiger partial charge in [-0.3, -0.25) is 24.0 Å². The number of fused-ring (bicyclic) bond motifs is 5. The highest BCUT2D eigenvalue weighted by molar-refractivity contribution is 7.91. The molecule has 3 aliphatic heterocycles. The van der Waals surface area contributed by atoms with Gasteiger partial charge >= 0.3 is 6.09 Å². The second kappa shape index (κ2) is 14.8. The molecule has 4 amide bonds. The van der Waals surface area contributed by atoms with Crippen LogP contribution < -0.4 is 19.5 Å². The Labute approximate surface area is 328 Å². The maximum Gasteiger partial charge on any atom is 0.407 e. The molecule has 2 aliphatic carbocycles. The number of benzene rings is 1. The lowest BCUT2D eigenvalue weighted by molar-refractivity contribution is -0.143. The van der Waals surface area contributed by atoms with E-state index in [-0.39, 0.29) is 38.3 Å². The highest BCUT2D eigenvalue weighted by atomic mass is 32.2. The summed E-state index contributed by atoms with van der Waals surface area (Å²) in [5, 5.41) is 14.3. The van der Waals surface area contributed by atoms with E-state index >= 15 is 0 Å². The average molecular weight is 794 g/mol. The third kappa shape index (κ3) is 7.31. The van der Waals surface area contributed by atoms with Crippen molar-refractivity contribution >= 4 is 44.7 Å². The lowest BCUT2D eigenvalue weighted by Gasteiger charge is -2.37. The van der Waals surface area contributed by atoms with Crippen LogP contribution in [0.15, 0.2) is 30.4 Å². The molecule has 0 bridgehead atoms. The summed E-state index contributed by atoms with van der Waals surface area (Å²) < 4.78 is 40.2. The smallest absolute Gasteiger partial charge is 0.407 e. The summed E-state index contributed by atoms with van der Waals surface area (Å²) in [6, 6.07) is 3.55. The number of hydrogen-bond acceptors (Lipinski definition) is 9. The van der Waals surface area contributed by atoms with Gasteiger partial charge in [-0.2, -0.15) is 0 Å². The molecule has 15 heteroatoms. The van der Waals surface area contributed by atoms with E-state index in [4.69, 9.17) is 14.5 Å². The number of rotatable bonds is 8. The molecule has 0 radical (unpaired) electrons. The van der Waals surface area contributed by atoms with Crippen molar-refractivity contribution in [3.05, 3.63) is 41.6 Å². The Morgan fingerprint density at radius 1 is 1.16 bits per heavy atom. The van der Waals surface area contributed by atoms with Crippen LogP contribution in [-0.4, -0.2) is 100 Å². The SMILES string of the molecule is CCc1nc2ccc(OC)cc2c2c1O[C@]1(CC2)C[C@H]2C(=O)N[C@]3(C(=O)NS(=O)(=O)C4(C)CC4)C[C@H]3/C=C\CCCCC[C@H](N(CC(C)C)C(=O)O)C(=O)N2C1. The number of aryl methyl sites for hydroxylation is 2. The number of sulfonamides is 1. The second-order valence-electron chi connectivity index (χ2n) is 17.1. The fourth-order valence-corrected chi connectivity index (χ4v) is 10.1. The van der Waals surface area contributed by atoms with E-state index in [1.165, 1.54) is 9.80 Å². The number of amides is 4. The van der Waals surface area contributed by atoms with Crippen molar-refractivity contribution in [3.8, 4) is 11.5 Å². The van der Waals surface area contributed by atoms with Gasteiger partial charge in [0.25, 0.3) is 5.91 Å². The highest BCUT2D eigenvalue weighted by Gasteiger charge is 2.64. The number of pyridine rings is 1. The maximum absolute atomic E-state index is 15.0. The van der Waals surface area contributed by atoms with Gasteiger partial charge in [0.2, 0.25) is 21.8 Å². The number of allylic oxidation sites excluding steroid dienone is 1. The first kappa shape index (κ1) is 39.8. The van der Waals surface area contributed by atoms with Crippen molar-refractivity contribution in [2.45, 2.75) is 133 Å². The zero-order valence-corrected chi connectivity index (χ0v) is 33.9. The molecule has 1 aromatic heterocycles. The van der Waals surface area contributed by atoms with Gasteiger partial charge in [-0.25, -0.2) is 18.2 Å². The summed E-state index contributed by atoms with van der Waals surface area (Å²) in [4.78, 5) is 64.1. The van der Waals surface area contributed by atoms with Crippen LogP contribution in [0.1, 0.15) is 103 Å². The normalized spacial score (nSPS) is 29.2. The number of hydrogen-bond donors (Lipinski definition) is 3. The van der Waals surface area contributed by atoms with Crippen LogP contribution in [0.5, 0.6) is 11.5 Å². The third-order valence-corrected chi connectivity index (χ3v) is 14.7. The molecule has 4 heterocycles. The number of carbonyl (C=O) groups is 4. The van der Waals surface area contributed by atoms with Gasteiger partial charge in [0, 0.05) is 29.8 Å². The number of nitrogens with one attached hydrogen (secondary N) is 2. The lowest BCUT2D eigenvalue weighted by atomic mass is 9.87. The molecule has 3 N–H and O–H groups in total. The number of methoxy groups -OCH3 is 1. The molecular formula is C41H55N5O9S. The summed E-state index contributed by atoms with van der Waals surface area (Å²) in [6.07, 6.45) is 8.46. The van der Waals surface area contributed by atoms with Crippen molar-refractivity contribution in [2.75, 3.05) is 20.2 Å². The zero-order valence-electron chi connectivity index (χ0n) is 33.1. The van der Waals surface area contributed by atoms with E-state index in [0.29, 0.717) is 56.4 Å². The van der Waals surface area contributed by atoms with Gasteiger partial charge < -0.3 is 24.8 Å². The van der Waals surface area contributed by atoms with E-state index in [1.54, 1.807) is 14.0 Å². The molecule has 56 heavy (non-hydrogen) atoms. The van der Waals surface area contributed by atoms with Crippen molar-refractivity contribution in [2.24, 2.45) is 11.8 Å². The van der Waals surface area contributed by atoms with Gasteiger partial charge in [0.15, 0.2) is 0 Å². The van der Waals surface area contributed by atoms with Crippen molar-refractivity contribution in [3.63, 3.8) is 0 Å². The molecule has 1 saturated heterocycles. The lowest BCUT2D eigenvalue weighted by Crippen LogP contribution is -2.59. The monoisotopic (exact) mass is 793 g/mol. The van der Waals surface area contributed by atoms with Crippen LogP contribution >= 0.6 is 0 Å². The molecular weight excluding hydrogens is 739 g/mol. The topological polar surface area (TPSA) is 185 Å². The molecule has 2 saturated carbocycles. The molecule has 5 aliphatic rings. The Morgan fingerprint density at radius 2 is 1.93 bits per heavy atom. The van der Waals surface area contributed by atoms with Crippen LogP contribution in [0.2, 0.25) is 0 Å². The van der Waals surface area contributed by atoms with Gasteiger partial charge in [0.1, 0.15) is 34.7 Å². The summed E-state index contributed by atoms with van der Waals surface area (Å²) in [6.45, 7) is 7.53. The summed E-state index contributed by atoms with van der Waals surface area (Å²) >= 11 is 0. The largest absolute Gasteiger partial charge is 0.497 e. The predicted molar refractivity (Wildman–Crippen MR) is 209 cm³/mol. The molecule has 3 fully saturated rings. The minimum Gasteiger partial charge on any atom is -0.497 e. The van der Waals surface area contributed by atoms with Crippen LogP contribution in [0.25, 0.3) is 10.9 Å². The number of aromatic nitrogens is 1. The van der Waals surface area contributed by atoms with Gasteiger partial charge in [-0.05, 0) is 88.8 Å². The summed E-state index contributed by atoms with van der Waals surface area (Å²) in [5.41, 5.74) is -0.0222. The van der Waals surface area contributed by atoms with E-state index < -0.39 is 67.7 Å². The van der Waals surface area contributed by atoms with Gasteiger partial charge in [0.05, 0.1) is 29.6 Å². The second-order valence-corrected chi connectivity index (χ2v) is 19.3. The number of carbonyl (C=O) groups excluding carboxylic acids is 3. The van der Waals surface area contributed by atoms with Gasteiger partial charge in [-0.15, -0.1) is 0 Å². The minimum absolute atomic E-state index is 0.0174. The van der Waals surface area contributed by atoms with E-state index in [2.05, 4.69) is 10.0 Å². The molecule has 14 nitrogen and oxygen atoms in total. The summed E-state index contributed by atoms with van der Waals surface area (Å²) in [7, 11) is -2.40. The van der Waals surface area contributed by atoms with Crippen LogP contribution in [-0.2, 0) is 37.2 Å². The third-order valence-electron chi connectivity index (χ3n) is 12.6. The van der Waals surface area contributed by atoms with Crippen molar-refractivity contribution < 1.29 is 42.2 Å². The van der Waals surface area contributed by atoms with E-state index in [9.17, 15) is 32.7 Å². The Kier molecular flexibility index (Phi) is 10.5. The number of nitrogens with zero attached hydrogens (tertiary/aromatic N) is 3. The predicted octanol–water partition coefficient (Wildman–Crippen LogP) is 4.87.